The second-order valence-corrected chi connectivity index (χ2v) is 6.57. The van der Waals surface area contributed by atoms with Gasteiger partial charge in [0.1, 0.15) is 5.75 Å². The first-order valence-electron chi connectivity index (χ1n) is 8.37. The van der Waals surface area contributed by atoms with Crippen molar-refractivity contribution in [2.75, 3.05) is 27.2 Å². The summed E-state index contributed by atoms with van der Waals surface area (Å²) in [5.41, 5.74) is 3.35. The average Bonchev–Trinajstić information content (AvgIpc) is 2.61. The molecule has 25 heavy (non-hydrogen) atoms. The number of hydroxylamine groups is 1. The summed E-state index contributed by atoms with van der Waals surface area (Å²) in [4.78, 5) is 14.3. The minimum absolute atomic E-state index is 0.393. The van der Waals surface area contributed by atoms with Gasteiger partial charge >= 0.3 is 0 Å². The fraction of sp³-hybridized carbons (Fsp3) is 0.350. The van der Waals surface area contributed by atoms with Crippen LogP contribution in [-0.2, 0) is 4.79 Å². The first kappa shape index (κ1) is 19.0. The third-order valence-electron chi connectivity index (χ3n) is 3.91. The van der Waals surface area contributed by atoms with Crippen LogP contribution in [0.3, 0.4) is 0 Å². The zero-order valence-electron chi connectivity index (χ0n) is 15.0. The fourth-order valence-electron chi connectivity index (χ4n) is 2.90. The molecule has 0 aliphatic heterocycles. The van der Waals surface area contributed by atoms with E-state index in [9.17, 15) is 4.79 Å². The number of nitrogens with one attached hydrogen (secondary N) is 1. The van der Waals surface area contributed by atoms with Gasteiger partial charge in [-0.2, -0.15) is 0 Å². The molecule has 5 nitrogen and oxygen atoms in total. The molecule has 0 spiro atoms. The quantitative estimate of drug-likeness (QED) is 0.572. The van der Waals surface area contributed by atoms with Crippen LogP contribution in [0.1, 0.15) is 24.0 Å². The van der Waals surface area contributed by atoms with E-state index in [0.717, 1.165) is 23.4 Å². The molecule has 0 saturated carbocycles. The van der Waals surface area contributed by atoms with Crippen LogP contribution in [0.4, 0.5) is 0 Å². The Balaban J connectivity index is 2.18. The van der Waals surface area contributed by atoms with Gasteiger partial charge in [0, 0.05) is 12.5 Å². The molecule has 2 aromatic carbocycles. The molecule has 0 bridgehead atoms. The van der Waals surface area contributed by atoms with E-state index in [1.165, 1.54) is 0 Å². The summed E-state index contributed by atoms with van der Waals surface area (Å²) in [6.07, 6.45) is 0. The van der Waals surface area contributed by atoms with E-state index in [0.29, 0.717) is 12.5 Å². The lowest BCUT2D eigenvalue weighted by atomic mass is 9.90. The maximum absolute atomic E-state index is 12.2. The van der Waals surface area contributed by atoms with Gasteiger partial charge in [0.05, 0.1) is 12.5 Å². The molecule has 134 valence electrons. The number of carbonyl (C=O) groups excluding carboxylic acids is 1. The lowest BCUT2D eigenvalue weighted by Gasteiger charge is -2.19. The van der Waals surface area contributed by atoms with E-state index in [2.05, 4.69) is 11.8 Å². The lowest BCUT2D eigenvalue weighted by molar-refractivity contribution is -0.129. The highest BCUT2D eigenvalue weighted by molar-refractivity contribution is 5.86. The zero-order valence-corrected chi connectivity index (χ0v) is 15.0. The van der Waals surface area contributed by atoms with E-state index >= 15 is 0 Å². The Morgan fingerprint density at radius 2 is 1.80 bits per heavy atom. The molecule has 5 heteroatoms. The number of amides is 1. The molecule has 0 heterocycles. The maximum Gasteiger partial charge on any atom is 0.255 e. The number of hydrogen-bond donors (Lipinski definition) is 2. The SMILES string of the molecule is CC(COc1cccc(C(C(=O)NO)c2ccccc2)c1)CN(C)C. The van der Waals surface area contributed by atoms with Crippen LogP contribution in [0.2, 0.25) is 0 Å². The van der Waals surface area contributed by atoms with Crippen molar-refractivity contribution in [1.82, 2.24) is 10.4 Å². The Labute approximate surface area is 149 Å². The molecule has 2 atom stereocenters. The highest BCUT2D eigenvalue weighted by Crippen LogP contribution is 2.27. The standard InChI is InChI=1S/C20H26N2O3/c1-15(13-22(2)3)14-25-18-11-7-10-17(12-18)19(20(23)21-24)16-8-5-4-6-9-16/h4-12,15,19,24H,13-14H2,1-3H3,(H,21,23). The molecule has 0 aliphatic carbocycles. The van der Waals surface area contributed by atoms with Gasteiger partial charge in [-0.15, -0.1) is 0 Å². The maximum atomic E-state index is 12.2. The van der Waals surface area contributed by atoms with E-state index in [1.54, 1.807) is 5.48 Å². The molecule has 2 aromatic rings. The smallest absolute Gasteiger partial charge is 0.255 e. The van der Waals surface area contributed by atoms with Crippen LogP contribution < -0.4 is 10.2 Å². The van der Waals surface area contributed by atoms with Crippen molar-refractivity contribution >= 4 is 5.91 Å². The summed E-state index contributed by atoms with van der Waals surface area (Å²) in [5, 5.41) is 9.12. The Bertz CT molecular complexity index is 674. The number of ether oxygens (including phenoxy) is 1. The van der Waals surface area contributed by atoms with E-state index in [-0.39, 0.29) is 0 Å². The summed E-state index contributed by atoms with van der Waals surface area (Å²) in [5.74, 6) is 0.0531. The van der Waals surface area contributed by atoms with Gasteiger partial charge in [0.25, 0.3) is 5.91 Å². The summed E-state index contributed by atoms with van der Waals surface area (Å²) in [6.45, 7) is 3.68. The molecule has 0 aliphatic rings. The predicted molar refractivity (Wildman–Crippen MR) is 97.9 cm³/mol. The summed E-state index contributed by atoms with van der Waals surface area (Å²) < 4.78 is 5.89. The van der Waals surface area contributed by atoms with Crippen LogP contribution in [0, 0.1) is 5.92 Å². The average molecular weight is 342 g/mol. The number of carbonyl (C=O) groups is 1. The predicted octanol–water partition coefficient (Wildman–Crippen LogP) is 2.90. The van der Waals surface area contributed by atoms with Gasteiger partial charge in [-0.05, 0) is 37.4 Å². The van der Waals surface area contributed by atoms with Gasteiger partial charge in [0.15, 0.2) is 0 Å². The van der Waals surface area contributed by atoms with Gasteiger partial charge in [-0.25, -0.2) is 5.48 Å². The summed E-state index contributed by atoms with van der Waals surface area (Å²) in [6, 6.07) is 16.8. The number of hydrogen-bond acceptors (Lipinski definition) is 4. The van der Waals surface area contributed by atoms with Crippen LogP contribution in [0.5, 0.6) is 5.75 Å². The third kappa shape index (κ3) is 5.59. The van der Waals surface area contributed by atoms with E-state index in [4.69, 9.17) is 9.94 Å². The molecule has 2 rings (SSSR count). The first-order chi connectivity index (χ1) is 12.0. The van der Waals surface area contributed by atoms with Gasteiger partial charge in [-0.3, -0.25) is 10.0 Å². The molecular weight excluding hydrogens is 316 g/mol. The molecule has 2 N–H and O–H groups in total. The van der Waals surface area contributed by atoms with Gasteiger partial charge in [0.2, 0.25) is 0 Å². The van der Waals surface area contributed by atoms with Gasteiger partial charge < -0.3 is 9.64 Å². The van der Waals surface area contributed by atoms with Crippen LogP contribution in [-0.4, -0.2) is 43.3 Å². The topological polar surface area (TPSA) is 61.8 Å². The minimum atomic E-state index is -0.589. The van der Waals surface area contributed by atoms with Gasteiger partial charge in [-0.1, -0.05) is 49.4 Å². The molecule has 0 radical (unpaired) electrons. The van der Waals surface area contributed by atoms with Crippen molar-refractivity contribution in [3.8, 4) is 5.75 Å². The van der Waals surface area contributed by atoms with E-state index < -0.39 is 11.8 Å². The van der Waals surface area contributed by atoms with Crippen LogP contribution in [0.25, 0.3) is 0 Å². The van der Waals surface area contributed by atoms with Crippen LogP contribution >= 0.6 is 0 Å². The fourth-order valence-corrected chi connectivity index (χ4v) is 2.90. The number of nitrogens with zero attached hydrogens (tertiary/aromatic N) is 1. The monoisotopic (exact) mass is 342 g/mol. The highest BCUT2D eigenvalue weighted by atomic mass is 16.5. The largest absolute Gasteiger partial charge is 0.493 e. The zero-order chi connectivity index (χ0) is 18.2. The lowest BCUT2D eigenvalue weighted by Crippen LogP contribution is -2.27. The van der Waals surface area contributed by atoms with Crippen molar-refractivity contribution in [3.63, 3.8) is 0 Å². The van der Waals surface area contributed by atoms with Crippen molar-refractivity contribution in [2.24, 2.45) is 5.92 Å². The molecule has 0 aromatic heterocycles. The molecule has 0 fully saturated rings. The van der Waals surface area contributed by atoms with Crippen molar-refractivity contribution in [3.05, 3.63) is 65.7 Å². The minimum Gasteiger partial charge on any atom is -0.493 e. The Hall–Kier alpha value is -2.37. The summed E-state index contributed by atoms with van der Waals surface area (Å²) >= 11 is 0. The number of benzene rings is 2. The highest BCUT2D eigenvalue weighted by Gasteiger charge is 2.22. The Morgan fingerprint density at radius 1 is 1.12 bits per heavy atom. The number of rotatable bonds is 8. The van der Waals surface area contributed by atoms with Crippen molar-refractivity contribution < 1.29 is 14.7 Å². The molecule has 1 amide bonds. The molecule has 2 unspecified atom stereocenters. The summed E-state index contributed by atoms with van der Waals surface area (Å²) in [7, 11) is 4.07. The third-order valence-corrected chi connectivity index (χ3v) is 3.91. The molecule has 0 saturated heterocycles. The Morgan fingerprint density at radius 3 is 2.44 bits per heavy atom. The van der Waals surface area contributed by atoms with Crippen molar-refractivity contribution in [2.45, 2.75) is 12.8 Å². The van der Waals surface area contributed by atoms with Crippen LogP contribution in [0.15, 0.2) is 54.6 Å². The van der Waals surface area contributed by atoms with Crippen molar-refractivity contribution in [1.29, 1.82) is 0 Å². The normalized spacial score (nSPS) is 13.3. The second-order valence-electron chi connectivity index (χ2n) is 6.57. The second kappa shape index (κ2) is 9.20. The molecular formula is C20H26N2O3. The van der Waals surface area contributed by atoms with E-state index in [1.807, 2.05) is 68.7 Å². The first-order valence-corrected chi connectivity index (χ1v) is 8.37. The Kier molecular flexibility index (Phi) is 6.98.